The minimum atomic E-state index is -3.54. The first kappa shape index (κ1) is 23.3. The van der Waals surface area contributed by atoms with E-state index in [4.69, 9.17) is 9.47 Å². The summed E-state index contributed by atoms with van der Waals surface area (Å²) in [4.78, 5) is 12.6. The zero-order valence-corrected chi connectivity index (χ0v) is 18.8. The van der Waals surface area contributed by atoms with Gasteiger partial charge in [-0.3, -0.25) is 4.79 Å². The number of carbonyl (C=O) groups excluding carboxylic acids is 1. The highest BCUT2D eigenvalue weighted by atomic mass is 32.2. The standard InChI is InChI=1S/C24H26N2O5S/c1-3-26(4-2)32(28,29)21-16-14-19(15-17-21)30-18-24(27)25-22-12-8-9-13-23(22)31-20-10-6-5-7-11-20/h5-17H,3-4,18H2,1-2H3,(H,25,27). The summed E-state index contributed by atoms with van der Waals surface area (Å²) in [6.45, 7) is 4.14. The number of carbonyl (C=O) groups is 1. The number of nitrogens with zero attached hydrogens (tertiary/aromatic N) is 1. The fraction of sp³-hybridized carbons (Fsp3) is 0.208. The van der Waals surface area contributed by atoms with Gasteiger partial charge in [0.1, 0.15) is 11.5 Å². The maximum Gasteiger partial charge on any atom is 0.262 e. The Morgan fingerprint density at radius 2 is 1.47 bits per heavy atom. The molecule has 7 nitrogen and oxygen atoms in total. The van der Waals surface area contributed by atoms with Crippen LogP contribution in [0, 0.1) is 0 Å². The molecule has 0 aromatic heterocycles. The van der Waals surface area contributed by atoms with Crippen LogP contribution in [0.2, 0.25) is 0 Å². The van der Waals surface area contributed by atoms with Crippen LogP contribution in [0.5, 0.6) is 17.2 Å². The molecule has 0 atom stereocenters. The van der Waals surface area contributed by atoms with Crippen molar-refractivity contribution in [1.82, 2.24) is 4.31 Å². The molecule has 0 heterocycles. The maximum absolute atomic E-state index is 12.5. The molecule has 0 aliphatic rings. The predicted molar refractivity (Wildman–Crippen MR) is 124 cm³/mol. The molecule has 1 amide bonds. The van der Waals surface area contributed by atoms with Crippen LogP contribution in [0.1, 0.15) is 13.8 Å². The Morgan fingerprint density at radius 3 is 2.12 bits per heavy atom. The third-order valence-electron chi connectivity index (χ3n) is 4.67. The summed E-state index contributed by atoms with van der Waals surface area (Å²) >= 11 is 0. The number of ether oxygens (including phenoxy) is 2. The molecule has 8 heteroatoms. The number of hydrogen-bond donors (Lipinski definition) is 1. The van der Waals surface area contributed by atoms with Crippen molar-refractivity contribution < 1.29 is 22.7 Å². The number of amides is 1. The molecule has 0 radical (unpaired) electrons. The smallest absolute Gasteiger partial charge is 0.262 e. The van der Waals surface area contributed by atoms with Crippen LogP contribution in [0.25, 0.3) is 0 Å². The van der Waals surface area contributed by atoms with E-state index in [-0.39, 0.29) is 17.4 Å². The Bertz CT molecular complexity index is 1130. The minimum Gasteiger partial charge on any atom is -0.484 e. The van der Waals surface area contributed by atoms with Gasteiger partial charge in [0.15, 0.2) is 12.4 Å². The molecule has 0 spiro atoms. The van der Waals surface area contributed by atoms with Crippen molar-refractivity contribution in [3.05, 3.63) is 78.9 Å². The van der Waals surface area contributed by atoms with Crippen molar-refractivity contribution in [3.8, 4) is 17.2 Å². The summed E-state index contributed by atoms with van der Waals surface area (Å²) in [5.74, 6) is 1.20. The first-order valence-corrected chi connectivity index (χ1v) is 11.7. The second-order valence-electron chi connectivity index (χ2n) is 6.81. The minimum absolute atomic E-state index is 0.185. The van der Waals surface area contributed by atoms with Crippen LogP contribution < -0.4 is 14.8 Å². The predicted octanol–water partition coefficient (Wildman–Crippen LogP) is 4.53. The quantitative estimate of drug-likeness (QED) is 0.487. The van der Waals surface area contributed by atoms with Crippen molar-refractivity contribution in [2.75, 3.05) is 25.0 Å². The number of sulfonamides is 1. The van der Waals surface area contributed by atoms with Crippen molar-refractivity contribution in [2.24, 2.45) is 0 Å². The molecule has 3 aromatic carbocycles. The van der Waals surface area contributed by atoms with E-state index in [9.17, 15) is 13.2 Å². The summed E-state index contributed by atoms with van der Waals surface area (Å²) < 4.78 is 37.8. The summed E-state index contributed by atoms with van der Waals surface area (Å²) in [7, 11) is -3.54. The van der Waals surface area contributed by atoms with Gasteiger partial charge in [-0.05, 0) is 48.5 Å². The van der Waals surface area contributed by atoms with Gasteiger partial charge in [-0.15, -0.1) is 0 Å². The van der Waals surface area contributed by atoms with E-state index in [0.29, 0.717) is 36.0 Å². The fourth-order valence-electron chi connectivity index (χ4n) is 3.03. The van der Waals surface area contributed by atoms with Crippen molar-refractivity contribution in [3.63, 3.8) is 0 Å². The Hall–Kier alpha value is -3.36. The number of hydrogen-bond acceptors (Lipinski definition) is 5. The van der Waals surface area contributed by atoms with Gasteiger partial charge in [0.2, 0.25) is 10.0 Å². The maximum atomic E-state index is 12.5. The first-order chi connectivity index (χ1) is 15.4. The van der Waals surface area contributed by atoms with Gasteiger partial charge >= 0.3 is 0 Å². The topological polar surface area (TPSA) is 84.9 Å². The Labute approximate surface area is 188 Å². The van der Waals surface area contributed by atoms with Gasteiger partial charge in [0.05, 0.1) is 10.6 Å². The second kappa shape index (κ2) is 10.8. The zero-order chi connectivity index (χ0) is 23.0. The van der Waals surface area contributed by atoms with Gasteiger partial charge in [-0.2, -0.15) is 4.31 Å². The highest BCUT2D eigenvalue weighted by Crippen LogP contribution is 2.29. The number of anilines is 1. The van der Waals surface area contributed by atoms with Crippen LogP contribution in [-0.4, -0.2) is 38.3 Å². The van der Waals surface area contributed by atoms with Crippen LogP contribution in [-0.2, 0) is 14.8 Å². The average Bonchev–Trinajstić information content (AvgIpc) is 2.80. The molecule has 0 unspecified atom stereocenters. The molecule has 3 aromatic rings. The Morgan fingerprint density at radius 1 is 0.844 bits per heavy atom. The Balaban J connectivity index is 1.60. The van der Waals surface area contributed by atoms with E-state index < -0.39 is 10.0 Å². The average molecular weight is 455 g/mol. The lowest BCUT2D eigenvalue weighted by atomic mass is 10.3. The van der Waals surface area contributed by atoms with Gasteiger partial charge in [0, 0.05) is 13.1 Å². The highest BCUT2D eigenvalue weighted by Gasteiger charge is 2.21. The largest absolute Gasteiger partial charge is 0.484 e. The lowest BCUT2D eigenvalue weighted by Gasteiger charge is -2.18. The molecule has 168 valence electrons. The van der Waals surface area contributed by atoms with E-state index in [1.54, 1.807) is 32.0 Å². The number of para-hydroxylation sites is 3. The van der Waals surface area contributed by atoms with Crippen molar-refractivity contribution in [1.29, 1.82) is 0 Å². The highest BCUT2D eigenvalue weighted by molar-refractivity contribution is 7.89. The third kappa shape index (κ3) is 5.87. The fourth-order valence-corrected chi connectivity index (χ4v) is 4.49. The summed E-state index contributed by atoms with van der Waals surface area (Å²) in [5.41, 5.74) is 0.519. The summed E-state index contributed by atoms with van der Waals surface area (Å²) in [6.07, 6.45) is 0. The lowest BCUT2D eigenvalue weighted by molar-refractivity contribution is -0.118. The van der Waals surface area contributed by atoms with Crippen molar-refractivity contribution in [2.45, 2.75) is 18.7 Å². The second-order valence-corrected chi connectivity index (χ2v) is 8.75. The van der Waals surface area contributed by atoms with Crippen LogP contribution >= 0.6 is 0 Å². The summed E-state index contributed by atoms with van der Waals surface area (Å²) in [5, 5.41) is 2.78. The molecule has 0 saturated heterocycles. The SMILES string of the molecule is CCN(CC)S(=O)(=O)c1ccc(OCC(=O)Nc2ccccc2Oc2ccccc2)cc1. The molecule has 3 rings (SSSR count). The Kier molecular flexibility index (Phi) is 7.86. The number of rotatable bonds is 10. The van der Waals surface area contributed by atoms with E-state index in [2.05, 4.69) is 5.32 Å². The number of nitrogens with one attached hydrogen (secondary N) is 1. The molecule has 0 bridgehead atoms. The van der Waals surface area contributed by atoms with E-state index in [1.165, 1.54) is 28.6 Å². The number of benzene rings is 3. The molecule has 0 saturated carbocycles. The van der Waals surface area contributed by atoms with Crippen molar-refractivity contribution >= 4 is 21.6 Å². The molecule has 1 N–H and O–H groups in total. The third-order valence-corrected chi connectivity index (χ3v) is 6.73. The molecule has 0 fully saturated rings. The van der Waals surface area contributed by atoms with Crippen LogP contribution in [0.4, 0.5) is 5.69 Å². The molecule has 0 aliphatic carbocycles. The van der Waals surface area contributed by atoms with Crippen LogP contribution in [0.3, 0.4) is 0 Å². The van der Waals surface area contributed by atoms with Gasteiger partial charge in [0.25, 0.3) is 5.91 Å². The summed E-state index contributed by atoms with van der Waals surface area (Å²) in [6, 6.07) is 22.4. The van der Waals surface area contributed by atoms with Gasteiger partial charge in [-0.25, -0.2) is 8.42 Å². The normalized spacial score (nSPS) is 11.2. The molecular formula is C24H26N2O5S. The van der Waals surface area contributed by atoms with Crippen LogP contribution in [0.15, 0.2) is 83.8 Å². The van der Waals surface area contributed by atoms with E-state index in [0.717, 1.165) is 0 Å². The molecular weight excluding hydrogens is 428 g/mol. The van der Waals surface area contributed by atoms with E-state index >= 15 is 0 Å². The first-order valence-electron chi connectivity index (χ1n) is 10.3. The zero-order valence-electron chi connectivity index (χ0n) is 18.0. The monoisotopic (exact) mass is 454 g/mol. The van der Waals surface area contributed by atoms with Gasteiger partial charge < -0.3 is 14.8 Å². The molecule has 0 aliphatic heterocycles. The van der Waals surface area contributed by atoms with Gasteiger partial charge in [-0.1, -0.05) is 44.2 Å². The lowest BCUT2D eigenvalue weighted by Crippen LogP contribution is -2.30. The molecule has 32 heavy (non-hydrogen) atoms. The van der Waals surface area contributed by atoms with E-state index in [1.807, 2.05) is 36.4 Å².